The molecule has 1 aliphatic rings. The third-order valence-electron chi connectivity index (χ3n) is 5.34. The summed E-state index contributed by atoms with van der Waals surface area (Å²) in [5.74, 6) is 2.36. The van der Waals surface area contributed by atoms with Crippen LogP contribution in [0.3, 0.4) is 0 Å². The Kier molecular flexibility index (Phi) is 8.35. The number of hydrogen-bond acceptors (Lipinski definition) is 5. The smallest absolute Gasteiger partial charge is 0.387 e. The second-order valence-corrected chi connectivity index (χ2v) is 7.43. The monoisotopic (exact) mass is 448 g/mol. The molecule has 3 rings (SSSR count). The number of piperidine rings is 1. The number of nitrogens with one attached hydrogen (secondary N) is 2. The van der Waals surface area contributed by atoms with E-state index in [0.29, 0.717) is 12.5 Å². The molecule has 1 heterocycles. The molecule has 32 heavy (non-hydrogen) atoms. The van der Waals surface area contributed by atoms with Gasteiger partial charge in [0.15, 0.2) is 5.96 Å². The Balaban J connectivity index is 1.51. The summed E-state index contributed by atoms with van der Waals surface area (Å²) in [6, 6.07) is 12.8. The Bertz CT molecular complexity index is 880. The van der Waals surface area contributed by atoms with Crippen LogP contribution in [-0.2, 0) is 6.54 Å². The van der Waals surface area contributed by atoms with Gasteiger partial charge in [0, 0.05) is 56.6 Å². The molecule has 0 aromatic heterocycles. The fraction of sp³-hybridized carbons (Fsp3) is 0.435. The van der Waals surface area contributed by atoms with Crippen molar-refractivity contribution in [2.75, 3.05) is 39.3 Å². The van der Waals surface area contributed by atoms with Gasteiger partial charge in [0.25, 0.3) is 0 Å². The van der Waals surface area contributed by atoms with E-state index in [1.165, 1.54) is 6.07 Å². The van der Waals surface area contributed by atoms with Gasteiger partial charge in [-0.2, -0.15) is 8.78 Å². The summed E-state index contributed by atoms with van der Waals surface area (Å²) < 4.78 is 40.0. The van der Waals surface area contributed by atoms with E-state index in [1.54, 1.807) is 33.4 Å². The number of ether oxygens (including phenoxy) is 3. The van der Waals surface area contributed by atoms with Crippen molar-refractivity contribution < 1.29 is 23.0 Å². The van der Waals surface area contributed by atoms with Crippen molar-refractivity contribution in [1.82, 2.24) is 10.6 Å². The number of benzene rings is 2. The fourth-order valence-electron chi connectivity index (χ4n) is 3.66. The lowest BCUT2D eigenvalue weighted by Crippen LogP contribution is -2.48. The van der Waals surface area contributed by atoms with Gasteiger partial charge in [-0.25, -0.2) is 0 Å². The van der Waals surface area contributed by atoms with E-state index in [9.17, 15) is 8.78 Å². The molecule has 1 saturated heterocycles. The number of halogens is 2. The molecule has 0 spiro atoms. The molecule has 0 radical (unpaired) electrons. The SMILES string of the molecule is CN=C(NCc1cccc(OC(F)F)c1)NC1CCN(c2cc(OC)cc(OC)c2)CC1. The highest BCUT2D eigenvalue weighted by atomic mass is 19.3. The molecule has 2 N–H and O–H groups in total. The third-order valence-corrected chi connectivity index (χ3v) is 5.34. The van der Waals surface area contributed by atoms with Crippen LogP contribution in [0.1, 0.15) is 18.4 Å². The van der Waals surface area contributed by atoms with E-state index >= 15 is 0 Å². The third kappa shape index (κ3) is 6.63. The van der Waals surface area contributed by atoms with Crippen LogP contribution in [0.4, 0.5) is 14.5 Å². The van der Waals surface area contributed by atoms with E-state index < -0.39 is 6.61 Å². The van der Waals surface area contributed by atoms with Crippen molar-refractivity contribution in [2.45, 2.75) is 32.0 Å². The van der Waals surface area contributed by atoms with E-state index in [0.717, 1.165) is 48.7 Å². The van der Waals surface area contributed by atoms with Gasteiger partial charge in [-0.15, -0.1) is 0 Å². The molecule has 9 heteroatoms. The molecule has 2 aromatic carbocycles. The van der Waals surface area contributed by atoms with Gasteiger partial charge in [-0.1, -0.05) is 12.1 Å². The molecular formula is C23H30F2N4O3. The van der Waals surface area contributed by atoms with Crippen LogP contribution in [0.15, 0.2) is 47.5 Å². The number of hydrogen-bond donors (Lipinski definition) is 2. The van der Waals surface area contributed by atoms with Crippen LogP contribution >= 0.6 is 0 Å². The highest BCUT2D eigenvalue weighted by Gasteiger charge is 2.21. The Labute approximate surface area is 187 Å². The lowest BCUT2D eigenvalue weighted by molar-refractivity contribution is -0.0498. The summed E-state index contributed by atoms with van der Waals surface area (Å²) in [6.45, 7) is -0.616. The molecular weight excluding hydrogens is 418 g/mol. The molecule has 1 fully saturated rings. The topological polar surface area (TPSA) is 67.4 Å². The van der Waals surface area contributed by atoms with Gasteiger partial charge in [0.05, 0.1) is 14.2 Å². The number of methoxy groups -OCH3 is 2. The summed E-state index contributed by atoms with van der Waals surface area (Å²) >= 11 is 0. The van der Waals surface area contributed by atoms with Gasteiger partial charge in [0.2, 0.25) is 0 Å². The van der Waals surface area contributed by atoms with Gasteiger partial charge < -0.3 is 29.7 Å². The van der Waals surface area contributed by atoms with E-state index in [1.807, 2.05) is 24.3 Å². The van der Waals surface area contributed by atoms with Crippen molar-refractivity contribution in [1.29, 1.82) is 0 Å². The number of anilines is 1. The molecule has 0 saturated carbocycles. The van der Waals surface area contributed by atoms with Crippen molar-refractivity contribution in [2.24, 2.45) is 4.99 Å². The summed E-state index contributed by atoms with van der Waals surface area (Å²) in [7, 11) is 5.01. The quantitative estimate of drug-likeness (QED) is 0.475. The van der Waals surface area contributed by atoms with Gasteiger partial charge in [-0.05, 0) is 30.5 Å². The lowest BCUT2D eigenvalue weighted by Gasteiger charge is -2.34. The minimum atomic E-state index is -2.84. The first-order valence-electron chi connectivity index (χ1n) is 10.5. The number of alkyl halides is 2. The van der Waals surface area contributed by atoms with Crippen LogP contribution in [-0.4, -0.2) is 53.0 Å². The molecule has 1 aliphatic heterocycles. The summed E-state index contributed by atoms with van der Waals surface area (Å²) in [6.07, 6.45) is 1.88. The van der Waals surface area contributed by atoms with Crippen LogP contribution in [0.25, 0.3) is 0 Å². The Morgan fingerprint density at radius 1 is 1.06 bits per heavy atom. The second kappa shape index (κ2) is 11.4. The number of aliphatic imine (C=N–C) groups is 1. The number of rotatable bonds is 8. The fourth-order valence-corrected chi connectivity index (χ4v) is 3.66. The van der Waals surface area contributed by atoms with Crippen molar-refractivity contribution in [3.8, 4) is 17.2 Å². The maximum absolute atomic E-state index is 12.4. The molecule has 2 aromatic rings. The predicted octanol–water partition coefficient (Wildman–Crippen LogP) is 3.64. The zero-order valence-corrected chi connectivity index (χ0v) is 18.6. The first-order chi connectivity index (χ1) is 15.5. The Morgan fingerprint density at radius 2 is 1.75 bits per heavy atom. The summed E-state index contributed by atoms with van der Waals surface area (Å²) in [5.41, 5.74) is 1.90. The molecule has 0 bridgehead atoms. The largest absolute Gasteiger partial charge is 0.497 e. The van der Waals surface area contributed by atoms with E-state index in [-0.39, 0.29) is 11.8 Å². The van der Waals surface area contributed by atoms with Crippen LogP contribution in [0.2, 0.25) is 0 Å². The highest BCUT2D eigenvalue weighted by molar-refractivity contribution is 5.80. The zero-order valence-electron chi connectivity index (χ0n) is 18.6. The molecule has 174 valence electrons. The van der Waals surface area contributed by atoms with Crippen LogP contribution in [0, 0.1) is 0 Å². The van der Waals surface area contributed by atoms with E-state index in [4.69, 9.17) is 9.47 Å². The summed E-state index contributed by atoms with van der Waals surface area (Å²) in [4.78, 5) is 6.60. The standard InChI is InChI=1S/C23H30F2N4O3/c1-26-23(27-15-16-5-4-6-19(11-16)32-22(24)25)28-17-7-9-29(10-8-17)18-12-20(30-2)14-21(13-18)31-3/h4-6,11-14,17,22H,7-10,15H2,1-3H3,(H2,26,27,28). The van der Waals surface area contributed by atoms with Crippen molar-refractivity contribution in [3.63, 3.8) is 0 Å². The van der Waals surface area contributed by atoms with Crippen LogP contribution in [0.5, 0.6) is 17.2 Å². The number of guanidine groups is 1. The highest BCUT2D eigenvalue weighted by Crippen LogP contribution is 2.30. The Morgan fingerprint density at radius 3 is 2.34 bits per heavy atom. The van der Waals surface area contributed by atoms with Crippen LogP contribution < -0.4 is 29.7 Å². The van der Waals surface area contributed by atoms with Gasteiger partial charge >= 0.3 is 6.61 Å². The zero-order chi connectivity index (χ0) is 22.9. The van der Waals surface area contributed by atoms with Crippen molar-refractivity contribution in [3.05, 3.63) is 48.0 Å². The van der Waals surface area contributed by atoms with Crippen molar-refractivity contribution >= 4 is 11.6 Å². The maximum Gasteiger partial charge on any atom is 0.387 e. The minimum Gasteiger partial charge on any atom is -0.497 e. The molecule has 0 unspecified atom stereocenters. The molecule has 7 nitrogen and oxygen atoms in total. The molecule has 0 atom stereocenters. The Hall–Kier alpha value is -3.23. The lowest BCUT2D eigenvalue weighted by atomic mass is 10.0. The van der Waals surface area contributed by atoms with E-state index in [2.05, 4.69) is 25.3 Å². The first-order valence-corrected chi connectivity index (χ1v) is 10.5. The normalized spacial score (nSPS) is 14.9. The summed E-state index contributed by atoms with van der Waals surface area (Å²) in [5, 5.41) is 6.69. The minimum absolute atomic E-state index is 0.142. The molecule has 0 amide bonds. The first kappa shape index (κ1) is 23.4. The number of nitrogens with zero attached hydrogens (tertiary/aromatic N) is 2. The van der Waals surface area contributed by atoms with Gasteiger partial charge in [0.1, 0.15) is 17.2 Å². The van der Waals surface area contributed by atoms with Gasteiger partial charge in [-0.3, -0.25) is 4.99 Å². The predicted molar refractivity (Wildman–Crippen MR) is 121 cm³/mol. The second-order valence-electron chi connectivity index (χ2n) is 7.43. The average molecular weight is 449 g/mol. The maximum atomic E-state index is 12.4. The average Bonchev–Trinajstić information content (AvgIpc) is 2.81. The molecule has 0 aliphatic carbocycles.